The summed E-state index contributed by atoms with van der Waals surface area (Å²) >= 11 is -0.851. The zero-order valence-corrected chi connectivity index (χ0v) is 9.00. The van der Waals surface area contributed by atoms with E-state index in [4.69, 9.17) is 6.15 Å². The van der Waals surface area contributed by atoms with Gasteiger partial charge in [-0.3, -0.25) is 0 Å². The molecule has 0 aromatic heterocycles. The van der Waals surface area contributed by atoms with Gasteiger partial charge in [0.15, 0.2) is 0 Å². The molecule has 0 heterocycles. The third-order valence-electron chi connectivity index (χ3n) is 0.730. The van der Waals surface area contributed by atoms with E-state index < -0.39 is 22.0 Å². The van der Waals surface area contributed by atoms with E-state index >= 15 is 0 Å². The standard InChI is InChI=1S/2C3H7O.Sn/c2*1-2-3-4;/h2*2-3H2,1H3;/q2*-1;+4. The van der Waals surface area contributed by atoms with Crippen LogP contribution in [0.4, 0.5) is 0 Å². The maximum absolute atomic E-state index is 5.23. The fraction of sp³-hybridized carbons (Fsp3) is 1.00. The summed E-state index contributed by atoms with van der Waals surface area (Å²) in [5, 5.41) is 0. The van der Waals surface area contributed by atoms with Gasteiger partial charge in [0.2, 0.25) is 0 Å². The van der Waals surface area contributed by atoms with Crippen LogP contribution in [0.5, 0.6) is 0 Å². The van der Waals surface area contributed by atoms with E-state index in [9.17, 15) is 0 Å². The first kappa shape index (κ1) is 9.72. The molecule has 0 radical (unpaired) electrons. The van der Waals surface area contributed by atoms with Gasteiger partial charge < -0.3 is 0 Å². The van der Waals surface area contributed by atoms with Crippen LogP contribution in [0.2, 0.25) is 0 Å². The first-order valence-corrected chi connectivity index (χ1v) is 5.73. The minimum absolute atomic E-state index is 0.851. The molecular formula is C6H14O2Sn+2. The summed E-state index contributed by atoms with van der Waals surface area (Å²) in [6.45, 7) is 5.99. The Kier molecular flexibility index (Phi) is 9.41. The Hall–Kier alpha value is 0.719. The molecule has 0 spiro atoms. The summed E-state index contributed by atoms with van der Waals surface area (Å²) in [4.78, 5) is 0. The topological polar surface area (TPSA) is 18.5 Å². The van der Waals surface area contributed by atoms with E-state index in [1.54, 1.807) is 0 Å². The molecule has 0 aliphatic rings. The Balaban J connectivity index is 2.60. The van der Waals surface area contributed by atoms with Gasteiger partial charge in [-0.1, -0.05) is 0 Å². The number of hydrogen-bond donors (Lipinski definition) is 0. The van der Waals surface area contributed by atoms with E-state index in [1.807, 2.05) is 0 Å². The predicted octanol–water partition coefficient (Wildman–Crippen LogP) is 1.37. The second-order valence-electron chi connectivity index (χ2n) is 1.78. The van der Waals surface area contributed by atoms with E-state index in [0.717, 1.165) is 26.1 Å². The van der Waals surface area contributed by atoms with Gasteiger partial charge in [-0.05, 0) is 0 Å². The summed E-state index contributed by atoms with van der Waals surface area (Å²) < 4.78 is 10.5. The van der Waals surface area contributed by atoms with Crippen LogP contribution in [0.25, 0.3) is 0 Å². The predicted molar refractivity (Wildman–Crippen MR) is 38.2 cm³/mol. The van der Waals surface area contributed by atoms with Gasteiger partial charge in [-0.15, -0.1) is 0 Å². The Morgan fingerprint density at radius 3 is 1.78 bits per heavy atom. The van der Waals surface area contributed by atoms with Crippen molar-refractivity contribution in [3.05, 3.63) is 0 Å². The van der Waals surface area contributed by atoms with E-state index in [2.05, 4.69) is 13.8 Å². The third-order valence-corrected chi connectivity index (χ3v) is 2.57. The van der Waals surface area contributed by atoms with Crippen LogP contribution in [0.1, 0.15) is 26.7 Å². The average Bonchev–Trinajstić information content (AvgIpc) is 1.89. The van der Waals surface area contributed by atoms with E-state index in [0.29, 0.717) is 0 Å². The van der Waals surface area contributed by atoms with Crippen LogP contribution in [0, 0.1) is 0 Å². The minimum atomic E-state index is -0.851. The summed E-state index contributed by atoms with van der Waals surface area (Å²) in [6, 6.07) is 0. The Morgan fingerprint density at radius 2 is 1.44 bits per heavy atom. The van der Waals surface area contributed by atoms with Crippen molar-refractivity contribution in [1.29, 1.82) is 0 Å². The molecule has 0 aromatic carbocycles. The van der Waals surface area contributed by atoms with Crippen LogP contribution in [0.3, 0.4) is 0 Å². The molecular weight excluding hydrogens is 223 g/mol. The molecule has 3 heteroatoms. The summed E-state index contributed by atoms with van der Waals surface area (Å²) in [5.74, 6) is 0. The molecule has 2 nitrogen and oxygen atoms in total. The number of hydrogen-bond acceptors (Lipinski definition) is 2. The van der Waals surface area contributed by atoms with Crippen LogP contribution in [0.15, 0.2) is 0 Å². The van der Waals surface area contributed by atoms with Gasteiger partial charge in [0.1, 0.15) is 0 Å². The zero-order valence-electron chi connectivity index (χ0n) is 6.14. The molecule has 0 N–H and O–H groups in total. The quantitative estimate of drug-likeness (QED) is 0.513. The third kappa shape index (κ3) is 8.72. The first-order valence-electron chi connectivity index (χ1n) is 3.40. The van der Waals surface area contributed by atoms with Crippen molar-refractivity contribution in [2.24, 2.45) is 0 Å². The van der Waals surface area contributed by atoms with Gasteiger partial charge >= 0.3 is 68.0 Å². The molecule has 9 heavy (non-hydrogen) atoms. The second kappa shape index (κ2) is 8.72. The Bertz CT molecular complexity index is 44.3. The van der Waals surface area contributed by atoms with E-state index in [-0.39, 0.29) is 0 Å². The average molecular weight is 237 g/mol. The van der Waals surface area contributed by atoms with E-state index in [1.165, 1.54) is 0 Å². The fourth-order valence-corrected chi connectivity index (χ4v) is 2.21. The molecule has 0 aromatic rings. The molecule has 0 atom stereocenters. The van der Waals surface area contributed by atoms with Crippen LogP contribution in [-0.2, 0) is 6.15 Å². The van der Waals surface area contributed by atoms with Gasteiger partial charge in [0, 0.05) is 0 Å². The Morgan fingerprint density at radius 1 is 1.00 bits per heavy atom. The van der Waals surface area contributed by atoms with Crippen LogP contribution in [-0.4, -0.2) is 35.2 Å². The van der Waals surface area contributed by atoms with Crippen molar-refractivity contribution in [3.63, 3.8) is 0 Å². The first-order chi connectivity index (χ1) is 4.41. The molecule has 0 aliphatic heterocycles. The maximum atomic E-state index is 5.23. The van der Waals surface area contributed by atoms with Gasteiger partial charge in [0.25, 0.3) is 0 Å². The SMILES string of the molecule is CCC[O][Sn+2][O]CCC. The summed E-state index contributed by atoms with van der Waals surface area (Å²) in [5.41, 5.74) is 0. The van der Waals surface area contributed by atoms with Crippen molar-refractivity contribution < 1.29 is 6.15 Å². The number of rotatable bonds is 6. The molecule has 0 bridgehead atoms. The molecule has 0 aliphatic carbocycles. The summed E-state index contributed by atoms with van der Waals surface area (Å²) in [7, 11) is 0. The second-order valence-corrected chi connectivity index (χ2v) is 3.90. The zero-order chi connectivity index (χ0) is 6.95. The van der Waals surface area contributed by atoms with Gasteiger partial charge in [-0.2, -0.15) is 0 Å². The van der Waals surface area contributed by atoms with Crippen LogP contribution >= 0.6 is 0 Å². The molecule has 0 amide bonds. The molecule has 0 unspecified atom stereocenters. The molecule has 0 saturated carbocycles. The monoisotopic (exact) mass is 238 g/mol. The molecule has 52 valence electrons. The molecule has 0 fully saturated rings. The van der Waals surface area contributed by atoms with Gasteiger partial charge in [-0.25, -0.2) is 0 Å². The van der Waals surface area contributed by atoms with Crippen molar-refractivity contribution in [2.45, 2.75) is 26.7 Å². The Labute approximate surface area is 68.2 Å². The summed E-state index contributed by atoms with van der Waals surface area (Å²) in [6.07, 6.45) is 2.21. The van der Waals surface area contributed by atoms with Gasteiger partial charge in [0.05, 0.1) is 0 Å². The van der Waals surface area contributed by atoms with Crippen molar-refractivity contribution in [3.8, 4) is 0 Å². The normalized spacial score (nSPS) is 9.11. The van der Waals surface area contributed by atoms with Crippen LogP contribution < -0.4 is 0 Å². The van der Waals surface area contributed by atoms with Crippen molar-refractivity contribution >= 4 is 22.0 Å². The van der Waals surface area contributed by atoms with Crippen molar-refractivity contribution in [2.75, 3.05) is 13.2 Å². The van der Waals surface area contributed by atoms with Crippen molar-refractivity contribution in [1.82, 2.24) is 0 Å². The molecule has 0 saturated heterocycles. The molecule has 0 rings (SSSR count). The fourth-order valence-electron chi connectivity index (χ4n) is 0.329.